The van der Waals surface area contributed by atoms with Crippen LogP contribution in [0.3, 0.4) is 0 Å². The largest absolute Gasteiger partial charge is 0.354 e. The summed E-state index contributed by atoms with van der Waals surface area (Å²) in [7, 11) is -3.62. The first kappa shape index (κ1) is 32.2. The minimum Gasteiger partial charge on any atom is -0.354 e. The number of hydrogen-bond donors (Lipinski definition) is 1. The molecule has 0 fully saturated rings. The van der Waals surface area contributed by atoms with Gasteiger partial charge in [-0.3, -0.25) is 13.9 Å². The third kappa shape index (κ3) is 9.33. The average molecular weight is 598 g/mol. The van der Waals surface area contributed by atoms with Gasteiger partial charge in [0.15, 0.2) is 0 Å². The van der Waals surface area contributed by atoms with E-state index < -0.39 is 16.1 Å². The number of nitrogens with one attached hydrogen (secondary N) is 1. The van der Waals surface area contributed by atoms with Crippen molar-refractivity contribution in [1.29, 1.82) is 0 Å². The molecule has 1 N–H and O–H groups in total. The summed E-state index contributed by atoms with van der Waals surface area (Å²) in [6.07, 6.45) is 2.64. The predicted molar refractivity (Wildman–Crippen MR) is 167 cm³/mol. The Bertz CT molecular complexity index is 1430. The van der Waals surface area contributed by atoms with Crippen LogP contribution in [0.15, 0.2) is 72.8 Å². The van der Waals surface area contributed by atoms with Crippen LogP contribution >= 0.6 is 11.6 Å². The van der Waals surface area contributed by atoms with E-state index in [0.29, 0.717) is 23.7 Å². The highest BCUT2D eigenvalue weighted by molar-refractivity contribution is 7.92. The van der Waals surface area contributed by atoms with Crippen molar-refractivity contribution in [2.75, 3.05) is 23.7 Å². The molecule has 0 radical (unpaired) electrons. The van der Waals surface area contributed by atoms with Crippen molar-refractivity contribution >= 4 is 39.1 Å². The molecule has 2 amide bonds. The highest BCUT2D eigenvalue weighted by Gasteiger charge is 2.30. The molecule has 0 aromatic heterocycles. The molecule has 1 atom stereocenters. The number of aryl methyl sites for hydroxylation is 2. The van der Waals surface area contributed by atoms with Gasteiger partial charge in [0.25, 0.3) is 0 Å². The number of rotatable bonds is 14. The van der Waals surface area contributed by atoms with Gasteiger partial charge in [-0.2, -0.15) is 0 Å². The third-order valence-electron chi connectivity index (χ3n) is 7.01. The molecule has 220 valence electrons. The van der Waals surface area contributed by atoms with E-state index in [9.17, 15) is 18.0 Å². The third-order valence-corrected chi connectivity index (χ3v) is 8.43. The van der Waals surface area contributed by atoms with E-state index in [1.807, 2.05) is 75.4 Å². The smallest absolute Gasteiger partial charge is 0.243 e. The van der Waals surface area contributed by atoms with Gasteiger partial charge in [0, 0.05) is 37.5 Å². The first-order valence-electron chi connectivity index (χ1n) is 13.9. The van der Waals surface area contributed by atoms with Gasteiger partial charge in [-0.05, 0) is 61.1 Å². The quantitative estimate of drug-likeness (QED) is 0.259. The van der Waals surface area contributed by atoms with E-state index in [1.54, 1.807) is 23.1 Å². The van der Waals surface area contributed by atoms with E-state index in [-0.39, 0.29) is 37.7 Å². The molecular formula is C32H40ClN3O4S. The summed E-state index contributed by atoms with van der Waals surface area (Å²) in [4.78, 5) is 29.1. The second kappa shape index (κ2) is 15.0. The zero-order valence-corrected chi connectivity index (χ0v) is 25.8. The van der Waals surface area contributed by atoms with Crippen LogP contribution in [0.2, 0.25) is 5.02 Å². The van der Waals surface area contributed by atoms with E-state index >= 15 is 0 Å². The zero-order chi connectivity index (χ0) is 30.0. The minimum atomic E-state index is -3.62. The van der Waals surface area contributed by atoms with Crippen molar-refractivity contribution in [1.82, 2.24) is 10.2 Å². The van der Waals surface area contributed by atoms with E-state index in [1.165, 1.54) is 4.31 Å². The Labute approximate surface area is 249 Å². The molecule has 3 aromatic rings. The maximum atomic E-state index is 13.9. The van der Waals surface area contributed by atoms with Crippen molar-refractivity contribution in [3.63, 3.8) is 0 Å². The summed E-state index contributed by atoms with van der Waals surface area (Å²) in [6, 6.07) is 21.9. The number of amides is 2. The maximum Gasteiger partial charge on any atom is 0.243 e. The number of nitrogens with zero attached hydrogens (tertiary/aromatic N) is 2. The van der Waals surface area contributed by atoms with Crippen LogP contribution in [-0.4, -0.2) is 50.5 Å². The second-order valence-electron chi connectivity index (χ2n) is 10.3. The van der Waals surface area contributed by atoms with Crippen molar-refractivity contribution in [2.45, 2.75) is 59.0 Å². The van der Waals surface area contributed by atoms with Crippen molar-refractivity contribution in [2.24, 2.45) is 0 Å². The number of sulfonamides is 1. The number of carbonyl (C=O) groups is 2. The Hall–Kier alpha value is -3.36. The van der Waals surface area contributed by atoms with Crippen molar-refractivity contribution in [3.05, 3.63) is 100 Å². The molecule has 7 nitrogen and oxygen atoms in total. The monoisotopic (exact) mass is 597 g/mol. The van der Waals surface area contributed by atoms with Crippen molar-refractivity contribution < 1.29 is 18.0 Å². The normalized spacial score (nSPS) is 12.0. The molecule has 0 bridgehead atoms. The summed E-state index contributed by atoms with van der Waals surface area (Å²) in [5.74, 6) is -0.415. The van der Waals surface area contributed by atoms with Crippen LogP contribution in [0.1, 0.15) is 48.4 Å². The Morgan fingerprint density at radius 1 is 0.951 bits per heavy atom. The highest BCUT2D eigenvalue weighted by atomic mass is 35.5. The number of carbonyl (C=O) groups excluding carboxylic acids is 2. The van der Waals surface area contributed by atoms with Crippen molar-refractivity contribution in [3.8, 4) is 0 Å². The molecular weight excluding hydrogens is 558 g/mol. The predicted octanol–water partition coefficient (Wildman–Crippen LogP) is 5.67. The number of hydrogen-bond acceptors (Lipinski definition) is 4. The molecule has 0 spiro atoms. The van der Waals surface area contributed by atoms with Crippen LogP contribution in [0.5, 0.6) is 0 Å². The lowest BCUT2D eigenvalue weighted by Crippen LogP contribution is -2.50. The van der Waals surface area contributed by atoms with Gasteiger partial charge in [-0.25, -0.2) is 8.42 Å². The second-order valence-corrected chi connectivity index (χ2v) is 12.7. The fourth-order valence-electron chi connectivity index (χ4n) is 4.72. The van der Waals surface area contributed by atoms with Gasteiger partial charge in [0.2, 0.25) is 21.8 Å². The lowest BCUT2D eigenvalue weighted by atomic mass is 10.0. The summed E-state index contributed by atoms with van der Waals surface area (Å²) < 4.78 is 26.7. The van der Waals surface area contributed by atoms with Gasteiger partial charge in [0.05, 0.1) is 11.9 Å². The van der Waals surface area contributed by atoms with Gasteiger partial charge in [-0.15, -0.1) is 0 Å². The Kier molecular flexibility index (Phi) is 11.8. The van der Waals surface area contributed by atoms with Crippen LogP contribution in [0.4, 0.5) is 5.69 Å². The molecule has 0 aliphatic heterocycles. The first-order valence-corrected chi connectivity index (χ1v) is 16.1. The summed E-state index contributed by atoms with van der Waals surface area (Å²) >= 11 is 6.17. The molecule has 0 saturated heterocycles. The molecule has 0 aliphatic rings. The highest BCUT2D eigenvalue weighted by Crippen LogP contribution is 2.27. The van der Waals surface area contributed by atoms with E-state index in [4.69, 9.17) is 11.6 Å². The van der Waals surface area contributed by atoms with E-state index in [0.717, 1.165) is 34.9 Å². The summed E-state index contributed by atoms with van der Waals surface area (Å²) in [6.45, 7) is 6.68. The number of halogens is 1. The first-order chi connectivity index (χ1) is 19.5. The van der Waals surface area contributed by atoms with Crippen LogP contribution in [-0.2, 0) is 32.6 Å². The van der Waals surface area contributed by atoms with Gasteiger partial charge in [-0.1, -0.05) is 79.2 Å². The fraction of sp³-hybridized carbons (Fsp3) is 0.375. The topological polar surface area (TPSA) is 86.8 Å². The van der Waals surface area contributed by atoms with E-state index in [2.05, 4.69) is 5.32 Å². The standard InChI is InChI=1S/C32H40ClN3O4S/c1-5-19-34-32(38)30(21-26-13-7-6-8-14-26)35(23-27-15-10-9-12-24(27)2)31(37)16-11-20-36(41(4,39)40)29-22-28(33)18-17-25(29)3/h6-10,12-15,17-18,22,30H,5,11,16,19-21,23H2,1-4H3,(H,34,38). The van der Waals surface area contributed by atoms with Gasteiger partial charge in [0.1, 0.15) is 6.04 Å². The SMILES string of the molecule is CCCNC(=O)C(Cc1ccccc1)N(Cc1ccccc1C)C(=O)CCCN(c1cc(Cl)ccc1C)S(C)(=O)=O. The van der Waals surface area contributed by atoms with Crippen LogP contribution in [0, 0.1) is 13.8 Å². The lowest BCUT2D eigenvalue weighted by Gasteiger charge is -2.32. The Morgan fingerprint density at radius 2 is 1.63 bits per heavy atom. The average Bonchev–Trinajstić information content (AvgIpc) is 2.94. The minimum absolute atomic E-state index is 0.0733. The molecule has 1 unspecified atom stereocenters. The summed E-state index contributed by atoms with van der Waals surface area (Å²) in [5.41, 5.74) is 4.19. The molecule has 41 heavy (non-hydrogen) atoms. The molecule has 0 saturated carbocycles. The lowest BCUT2D eigenvalue weighted by molar-refractivity contribution is -0.141. The Balaban J connectivity index is 1.90. The van der Waals surface area contributed by atoms with Gasteiger partial charge >= 0.3 is 0 Å². The molecule has 3 rings (SSSR count). The maximum absolute atomic E-state index is 13.9. The van der Waals surface area contributed by atoms with Crippen LogP contribution in [0.25, 0.3) is 0 Å². The molecule has 0 heterocycles. The molecule has 9 heteroatoms. The molecule has 0 aliphatic carbocycles. The van der Waals surface area contributed by atoms with Crippen LogP contribution < -0.4 is 9.62 Å². The summed E-state index contributed by atoms with van der Waals surface area (Å²) in [5, 5.41) is 3.41. The van der Waals surface area contributed by atoms with Gasteiger partial charge < -0.3 is 10.2 Å². The zero-order valence-electron chi connectivity index (χ0n) is 24.3. The molecule has 3 aromatic carbocycles. The number of benzene rings is 3. The number of anilines is 1. The Morgan fingerprint density at radius 3 is 2.29 bits per heavy atom. The fourth-order valence-corrected chi connectivity index (χ4v) is 5.91.